The van der Waals surface area contributed by atoms with E-state index >= 15 is 0 Å². The van der Waals surface area contributed by atoms with Crippen molar-refractivity contribution in [2.75, 3.05) is 104 Å². The zero-order valence-corrected chi connectivity index (χ0v) is 57.3. The van der Waals surface area contributed by atoms with E-state index in [1.807, 2.05) is 78.9 Å². The largest absolute Gasteiger partial charge is 0.497 e. The number of anilines is 2. The van der Waals surface area contributed by atoms with E-state index < -0.39 is 80.1 Å². The van der Waals surface area contributed by atoms with Gasteiger partial charge in [0, 0.05) is 48.8 Å². The van der Waals surface area contributed by atoms with Crippen LogP contribution in [0.5, 0.6) is 11.5 Å². The summed E-state index contributed by atoms with van der Waals surface area (Å²) in [6.07, 6.45) is -4.73. The number of hydrogen-bond acceptors (Lipinski definition) is 21. The molecule has 0 fully saturated rings. The van der Waals surface area contributed by atoms with Gasteiger partial charge in [-0.25, -0.2) is 19.4 Å². The molecule has 0 aliphatic heterocycles. The van der Waals surface area contributed by atoms with Crippen molar-refractivity contribution in [3.8, 4) is 17.6 Å². The number of H-pyrrole nitrogens is 1. The van der Waals surface area contributed by atoms with E-state index in [9.17, 15) is 47.2 Å². The molecule has 1 unspecified atom stereocenters. The van der Waals surface area contributed by atoms with E-state index in [1.54, 1.807) is 28.1 Å². The SMILES string of the molecule is COC(=O)[C@H](CCC(=O)NCCCOCCOCCOCCOC[C@H](COC(c1ccccc1)(c1ccc(OC)cc1)c1ccc(OC)cc1)OP(OCCC#N)N(C(C)C)C(C)C)NC(=O)c1ccc(N(Cc2cnc3nc(NC(=O)C(C)C)[nH]c(=O)c3n2)C(=O)C(F)(F)F)cc1. The summed E-state index contributed by atoms with van der Waals surface area (Å²) in [5, 5.41) is 17.1. The summed E-state index contributed by atoms with van der Waals surface area (Å²) in [5.41, 5.74) is -0.688. The smallest absolute Gasteiger partial charge is 0.471 e. The van der Waals surface area contributed by atoms with Crippen LogP contribution in [-0.4, -0.2) is 179 Å². The molecule has 4 amide bonds. The Morgan fingerprint density at radius 1 is 0.714 bits per heavy atom. The predicted molar refractivity (Wildman–Crippen MR) is 357 cm³/mol. The first-order valence-electron chi connectivity index (χ1n) is 31.8. The van der Waals surface area contributed by atoms with Crippen molar-refractivity contribution in [3.63, 3.8) is 0 Å². The van der Waals surface area contributed by atoms with Gasteiger partial charge in [-0.3, -0.25) is 39.2 Å². The van der Waals surface area contributed by atoms with E-state index in [-0.39, 0.29) is 131 Å². The first-order valence-corrected chi connectivity index (χ1v) is 32.9. The Bertz CT molecular complexity index is 3530. The fraction of sp³-hybridized carbons (Fsp3) is 0.471. The van der Waals surface area contributed by atoms with Crippen LogP contribution in [0.1, 0.15) is 100.0 Å². The highest BCUT2D eigenvalue weighted by molar-refractivity contribution is 7.44. The van der Waals surface area contributed by atoms with Crippen molar-refractivity contribution < 1.29 is 84.1 Å². The Morgan fingerprint density at radius 2 is 1.30 bits per heavy atom. The number of benzene rings is 4. The van der Waals surface area contributed by atoms with Crippen molar-refractivity contribution >= 4 is 60.9 Å². The average Bonchev–Trinajstić information content (AvgIpc) is 0.752. The molecule has 4 N–H and O–H groups in total. The first kappa shape index (κ1) is 78.4. The number of methoxy groups -OCH3 is 3. The van der Waals surface area contributed by atoms with Gasteiger partial charge < -0.3 is 57.6 Å². The summed E-state index contributed by atoms with van der Waals surface area (Å²) in [5.74, 6) is -4.16. The second-order valence-corrected chi connectivity index (χ2v) is 24.2. The molecule has 30 heteroatoms. The molecule has 0 aliphatic carbocycles. The van der Waals surface area contributed by atoms with Gasteiger partial charge in [0.2, 0.25) is 17.8 Å². The maximum absolute atomic E-state index is 13.9. The highest BCUT2D eigenvalue weighted by Crippen LogP contribution is 2.48. The predicted octanol–water partition coefficient (Wildman–Crippen LogP) is 8.71. The molecule has 0 radical (unpaired) electrons. The number of aromatic nitrogens is 4. The second-order valence-electron chi connectivity index (χ2n) is 22.8. The number of aromatic amines is 1. The van der Waals surface area contributed by atoms with Crippen LogP contribution >= 0.6 is 8.53 Å². The maximum Gasteiger partial charge on any atom is 0.471 e. The number of esters is 1. The van der Waals surface area contributed by atoms with Gasteiger partial charge in [0.1, 0.15) is 29.2 Å². The number of hydrogen-bond donors (Lipinski definition) is 4. The van der Waals surface area contributed by atoms with Crippen molar-refractivity contribution in [2.45, 2.75) is 110 Å². The third kappa shape index (κ3) is 23.6. The number of rotatable bonds is 42. The third-order valence-electron chi connectivity index (χ3n) is 14.7. The molecule has 0 aliphatic rings. The molecule has 98 heavy (non-hydrogen) atoms. The van der Waals surface area contributed by atoms with Crippen LogP contribution in [0.15, 0.2) is 114 Å². The minimum Gasteiger partial charge on any atom is -0.497 e. The molecule has 3 atom stereocenters. The van der Waals surface area contributed by atoms with Crippen LogP contribution in [0.4, 0.5) is 24.8 Å². The third-order valence-corrected chi connectivity index (χ3v) is 16.9. The Balaban J connectivity index is 0.927. The molecule has 0 saturated heterocycles. The Morgan fingerprint density at radius 3 is 1.85 bits per heavy atom. The Labute approximate surface area is 568 Å². The first-order chi connectivity index (χ1) is 47.0. The molecule has 2 heterocycles. The summed E-state index contributed by atoms with van der Waals surface area (Å²) in [7, 11) is 2.63. The van der Waals surface area contributed by atoms with Gasteiger partial charge in [0.05, 0.1) is 112 Å². The van der Waals surface area contributed by atoms with Crippen LogP contribution in [0.25, 0.3) is 11.2 Å². The van der Waals surface area contributed by atoms with E-state index in [0.29, 0.717) is 29.4 Å². The molecule has 26 nitrogen and oxygen atoms in total. The van der Waals surface area contributed by atoms with Gasteiger partial charge in [-0.2, -0.15) is 23.4 Å². The minimum absolute atomic E-state index is 0.0402. The standard InChI is InChI=1S/C68H86F3N10O16P/c1-45(2)61(83)78-66-77-60-59(63(85)79-66)75-52(41-74-60)42-80(65(87)68(69,70)71)53-23-17-48(18-24-53)62(84)76-57(64(86)90-9)29-30-58(82)73-32-14-33-91-35-36-92-37-38-93-39-40-94-43-56(97-98(96-34-13-31-72)81(46(3)4)47(5)6)44-95-67(49-15-11-10-12-16-49,50-19-25-54(88-7)26-20-50)51-21-27-55(89-8)28-22-51/h10-12,15-28,41,45-47,56-57H,13-14,29-30,32-40,42-44H2,1-9H3,(H,73,82)(H,76,84)(H2,74,77,78,79,83,85)/t56-,57+,98?/m1/s1. The van der Waals surface area contributed by atoms with E-state index in [4.69, 9.17) is 46.9 Å². The lowest BCUT2D eigenvalue weighted by Gasteiger charge is -2.39. The zero-order chi connectivity index (χ0) is 71.2. The lowest BCUT2D eigenvalue weighted by atomic mass is 9.80. The van der Waals surface area contributed by atoms with E-state index in [2.05, 4.69) is 74.3 Å². The highest BCUT2D eigenvalue weighted by atomic mass is 31.2. The Hall–Kier alpha value is -8.56. The number of carbonyl (C=O) groups excluding carboxylic acids is 5. The quantitative estimate of drug-likeness (QED) is 0.0120. The van der Waals surface area contributed by atoms with Crippen LogP contribution < -0.4 is 35.9 Å². The number of amides is 4. The average molecular weight is 1390 g/mol. The van der Waals surface area contributed by atoms with Crippen LogP contribution in [-0.2, 0) is 68.8 Å². The Kier molecular flexibility index (Phi) is 31.8. The molecule has 2 aromatic heterocycles. The molecule has 0 saturated carbocycles. The second kappa shape index (κ2) is 39.7. The van der Waals surface area contributed by atoms with Gasteiger partial charge in [0.15, 0.2) is 11.2 Å². The molecular formula is C68H86F3N10O16P. The number of alkyl halides is 3. The van der Waals surface area contributed by atoms with Gasteiger partial charge >= 0.3 is 18.1 Å². The fourth-order valence-corrected chi connectivity index (χ4v) is 11.5. The van der Waals surface area contributed by atoms with E-state index in [1.165, 1.54) is 0 Å². The number of carbonyl (C=O) groups is 5. The lowest BCUT2D eigenvalue weighted by molar-refractivity contribution is -0.170. The van der Waals surface area contributed by atoms with Gasteiger partial charge in [0.25, 0.3) is 20.0 Å². The van der Waals surface area contributed by atoms with Crippen molar-refractivity contribution in [1.29, 1.82) is 5.26 Å². The van der Waals surface area contributed by atoms with Crippen LogP contribution in [0.2, 0.25) is 0 Å². The number of nitrogens with zero attached hydrogens (tertiary/aromatic N) is 6. The highest BCUT2D eigenvalue weighted by Gasteiger charge is 2.44. The molecule has 4 aromatic carbocycles. The number of fused-ring (bicyclic) bond motifs is 1. The number of ether oxygens (including phenoxy) is 8. The van der Waals surface area contributed by atoms with Crippen LogP contribution in [0, 0.1) is 17.2 Å². The molecular weight excluding hydrogens is 1300 g/mol. The van der Waals surface area contributed by atoms with Gasteiger partial charge in [-0.15, -0.1) is 0 Å². The lowest BCUT2D eigenvalue weighted by Crippen LogP contribution is -2.42. The van der Waals surface area contributed by atoms with E-state index in [0.717, 1.165) is 54.3 Å². The minimum atomic E-state index is -5.36. The zero-order valence-electron chi connectivity index (χ0n) is 56.4. The molecule has 6 rings (SSSR count). The maximum atomic E-state index is 13.9. The van der Waals surface area contributed by atoms with Crippen LogP contribution in [0.3, 0.4) is 0 Å². The summed E-state index contributed by atoms with van der Waals surface area (Å²) >= 11 is 0. The monoisotopic (exact) mass is 1390 g/mol. The summed E-state index contributed by atoms with van der Waals surface area (Å²) in [6, 6.07) is 30.8. The number of halogens is 3. The van der Waals surface area contributed by atoms with Crippen molar-refractivity contribution in [1.82, 2.24) is 35.2 Å². The summed E-state index contributed by atoms with van der Waals surface area (Å²) < 4.78 is 104. The molecule has 0 spiro atoms. The normalized spacial score (nSPS) is 12.7. The molecule has 530 valence electrons. The van der Waals surface area contributed by atoms with Gasteiger partial charge in [-0.1, -0.05) is 68.4 Å². The number of nitrogens with one attached hydrogen (secondary N) is 4. The van der Waals surface area contributed by atoms with Crippen molar-refractivity contribution in [3.05, 3.63) is 148 Å². The molecule has 6 aromatic rings. The number of nitriles is 1. The topological polar surface area (TPSA) is 316 Å². The van der Waals surface area contributed by atoms with Gasteiger partial charge in [-0.05, 0) is 106 Å². The summed E-state index contributed by atoms with van der Waals surface area (Å²) in [4.78, 5) is 91.3. The molecule has 0 bridgehead atoms. The fourth-order valence-electron chi connectivity index (χ4n) is 9.83. The van der Waals surface area contributed by atoms with Crippen molar-refractivity contribution in [2.24, 2.45) is 5.92 Å². The summed E-state index contributed by atoms with van der Waals surface area (Å²) in [6.45, 7) is 13.2.